The third-order valence-corrected chi connectivity index (χ3v) is 2.90. The molecular weight excluding hydrogens is 283 g/mol. The molecule has 0 aliphatic rings. The molecule has 0 radical (unpaired) electrons. The summed E-state index contributed by atoms with van der Waals surface area (Å²) < 4.78 is 40.5. The lowest BCUT2D eigenvalue weighted by molar-refractivity contribution is -0.143. The molecule has 1 amide bonds. The lowest BCUT2D eigenvalue weighted by Crippen LogP contribution is -2.26. The highest BCUT2D eigenvalue weighted by Crippen LogP contribution is 2.33. The van der Waals surface area contributed by atoms with Gasteiger partial charge in [-0.15, -0.1) is 0 Å². The largest absolute Gasteiger partial charge is 0.434 e. The molecule has 1 aromatic heterocycles. The third kappa shape index (κ3) is 3.07. The summed E-state index contributed by atoms with van der Waals surface area (Å²) in [7, 11) is 0. The van der Waals surface area contributed by atoms with Crippen molar-refractivity contribution < 1.29 is 18.0 Å². The number of rotatable bonds is 3. The van der Waals surface area contributed by atoms with Crippen molar-refractivity contribution in [2.45, 2.75) is 20.0 Å². The number of halogens is 3. The van der Waals surface area contributed by atoms with Crippen molar-refractivity contribution in [3.05, 3.63) is 47.3 Å². The predicted molar refractivity (Wildman–Crippen MR) is 71.3 cm³/mol. The van der Waals surface area contributed by atoms with Gasteiger partial charge in [0.25, 0.3) is 5.91 Å². The van der Waals surface area contributed by atoms with Gasteiger partial charge in [0.15, 0.2) is 5.69 Å². The summed E-state index contributed by atoms with van der Waals surface area (Å²) >= 11 is 0. The van der Waals surface area contributed by atoms with E-state index in [1.807, 2.05) is 6.92 Å². The Bertz CT molecular complexity index is 644. The van der Waals surface area contributed by atoms with Gasteiger partial charge in [0.05, 0.1) is 17.4 Å². The van der Waals surface area contributed by atoms with Crippen molar-refractivity contribution >= 4 is 5.91 Å². The van der Waals surface area contributed by atoms with Gasteiger partial charge in [0.1, 0.15) is 0 Å². The van der Waals surface area contributed by atoms with Crippen LogP contribution in [0.15, 0.2) is 30.5 Å². The maximum absolute atomic E-state index is 13.3. The van der Waals surface area contributed by atoms with Crippen molar-refractivity contribution in [1.29, 1.82) is 0 Å². The van der Waals surface area contributed by atoms with E-state index in [-0.39, 0.29) is 12.2 Å². The molecule has 0 aliphatic carbocycles. The normalized spacial score (nSPS) is 11.5. The van der Waals surface area contributed by atoms with Crippen LogP contribution in [0.5, 0.6) is 0 Å². The van der Waals surface area contributed by atoms with E-state index >= 15 is 0 Å². The zero-order valence-corrected chi connectivity index (χ0v) is 11.5. The van der Waals surface area contributed by atoms with Crippen molar-refractivity contribution in [3.8, 4) is 5.69 Å². The fourth-order valence-electron chi connectivity index (χ4n) is 1.92. The van der Waals surface area contributed by atoms with Crippen LogP contribution in [0.1, 0.15) is 28.5 Å². The number of nitrogens with zero attached hydrogens (tertiary/aromatic N) is 2. The third-order valence-electron chi connectivity index (χ3n) is 2.90. The van der Waals surface area contributed by atoms with E-state index in [4.69, 9.17) is 0 Å². The van der Waals surface area contributed by atoms with Gasteiger partial charge in [-0.1, -0.05) is 17.7 Å². The van der Waals surface area contributed by atoms with E-state index in [0.717, 1.165) is 16.4 Å². The van der Waals surface area contributed by atoms with E-state index in [2.05, 4.69) is 10.4 Å². The molecule has 0 unspecified atom stereocenters. The molecule has 21 heavy (non-hydrogen) atoms. The maximum atomic E-state index is 13.3. The number of nitrogens with one attached hydrogen (secondary N) is 1. The van der Waals surface area contributed by atoms with Crippen molar-refractivity contribution in [2.24, 2.45) is 0 Å². The van der Waals surface area contributed by atoms with Crippen LogP contribution in [0.2, 0.25) is 0 Å². The predicted octanol–water partition coefficient (Wildman–Crippen LogP) is 2.95. The summed E-state index contributed by atoms with van der Waals surface area (Å²) in [6.45, 7) is 3.71. The first-order valence-corrected chi connectivity index (χ1v) is 6.35. The second-order valence-corrected chi connectivity index (χ2v) is 4.51. The summed E-state index contributed by atoms with van der Waals surface area (Å²) in [4.78, 5) is 11.7. The zero-order valence-electron chi connectivity index (χ0n) is 11.5. The Balaban J connectivity index is 2.57. The van der Waals surface area contributed by atoms with Gasteiger partial charge in [-0.3, -0.25) is 4.79 Å². The summed E-state index contributed by atoms with van der Waals surface area (Å²) in [5.74, 6) is -0.789. The molecule has 7 heteroatoms. The first kappa shape index (κ1) is 15.1. The molecule has 0 bridgehead atoms. The van der Waals surface area contributed by atoms with Gasteiger partial charge in [-0.25, -0.2) is 4.68 Å². The van der Waals surface area contributed by atoms with Crippen molar-refractivity contribution in [2.75, 3.05) is 6.54 Å². The molecule has 0 saturated carbocycles. The second-order valence-electron chi connectivity index (χ2n) is 4.51. The Hall–Kier alpha value is -2.31. The second kappa shape index (κ2) is 5.59. The molecule has 2 aromatic rings. The highest BCUT2D eigenvalue weighted by atomic mass is 19.4. The lowest BCUT2D eigenvalue weighted by Gasteiger charge is -2.12. The minimum atomic E-state index is -4.68. The van der Waals surface area contributed by atoms with Gasteiger partial charge in [-0.2, -0.15) is 18.3 Å². The molecular formula is C14H14F3N3O. The van der Waals surface area contributed by atoms with E-state index in [0.29, 0.717) is 0 Å². The summed E-state index contributed by atoms with van der Waals surface area (Å²) in [6, 6.07) is 6.42. The fourth-order valence-corrected chi connectivity index (χ4v) is 1.92. The number of hydrogen-bond donors (Lipinski definition) is 1. The number of aryl methyl sites for hydroxylation is 1. The number of alkyl halides is 3. The maximum Gasteiger partial charge on any atom is 0.434 e. The molecule has 0 saturated heterocycles. The quantitative estimate of drug-likeness (QED) is 0.947. The number of carbonyl (C=O) groups excluding carboxylic acids is 1. The topological polar surface area (TPSA) is 46.9 Å². The molecule has 2 rings (SSSR count). The monoisotopic (exact) mass is 297 g/mol. The number of amides is 1. The Morgan fingerprint density at radius 3 is 2.43 bits per heavy atom. The number of hydrogen-bond acceptors (Lipinski definition) is 2. The molecule has 0 aliphatic heterocycles. The Labute approximate surface area is 119 Å². The zero-order chi connectivity index (χ0) is 15.6. The molecule has 1 heterocycles. The van der Waals surface area contributed by atoms with Crippen molar-refractivity contribution in [3.63, 3.8) is 0 Å². The van der Waals surface area contributed by atoms with Gasteiger partial charge in [0, 0.05) is 6.54 Å². The minimum absolute atomic E-state index is 0.242. The van der Waals surface area contributed by atoms with Crippen LogP contribution in [-0.4, -0.2) is 22.2 Å². The van der Waals surface area contributed by atoms with Gasteiger partial charge < -0.3 is 5.32 Å². The van der Waals surface area contributed by atoms with E-state index < -0.39 is 23.3 Å². The van der Waals surface area contributed by atoms with Crippen LogP contribution in [0, 0.1) is 6.92 Å². The van der Waals surface area contributed by atoms with Gasteiger partial charge >= 0.3 is 6.18 Å². The van der Waals surface area contributed by atoms with Gasteiger partial charge in [0.2, 0.25) is 0 Å². The van der Waals surface area contributed by atoms with Crippen LogP contribution in [0.3, 0.4) is 0 Å². The standard InChI is InChI=1S/C14H14F3N3O/c1-3-18-13(21)11-8-19-20(12(11)14(15,16)17)10-6-4-9(2)5-7-10/h4-8H,3H2,1-2H3,(H,18,21). The molecule has 0 atom stereocenters. The summed E-state index contributed by atoms with van der Waals surface area (Å²) in [6.07, 6.45) is -3.74. The molecule has 0 spiro atoms. The van der Waals surface area contributed by atoms with Crippen LogP contribution < -0.4 is 5.32 Å². The summed E-state index contributed by atoms with van der Waals surface area (Å²) in [5.41, 5.74) is -0.380. The summed E-state index contributed by atoms with van der Waals surface area (Å²) in [5, 5.41) is 6.08. The lowest BCUT2D eigenvalue weighted by atomic mass is 10.2. The van der Waals surface area contributed by atoms with Gasteiger partial charge in [-0.05, 0) is 26.0 Å². The molecule has 0 fully saturated rings. The van der Waals surface area contributed by atoms with Crippen molar-refractivity contribution in [1.82, 2.24) is 15.1 Å². The van der Waals surface area contributed by atoms with E-state index in [1.54, 1.807) is 19.1 Å². The fraction of sp³-hybridized carbons (Fsp3) is 0.286. The average Bonchev–Trinajstić information content (AvgIpc) is 2.84. The molecule has 112 valence electrons. The first-order valence-electron chi connectivity index (χ1n) is 6.35. The molecule has 1 N–H and O–H groups in total. The highest BCUT2D eigenvalue weighted by Gasteiger charge is 2.40. The number of benzene rings is 1. The van der Waals surface area contributed by atoms with E-state index in [9.17, 15) is 18.0 Å². The van der Waals surface area contributed by atoms with E-state index in [1.165, 1.54) is 12.1 Å². The highest BCUT2D eigenvalue weighted by molar-refractivity contribution is 5.95. The number of carbonyl (C=O) groups is 1. The van der Waals surface area contributed by atoms with Crippen LogP contribution in [-0.2, 0) is 6.18 Å². The van der Waals surface area contributed by atoms with Crippen LogP contribution in [0.4, 0.5) is 13.2 Å². The Morgan fingerprint density at radius 1 is 1.29 bits per heavy atom. The molecule has 4 nitrogen and oxygen atoms in total. The molecule has 1 aromatic carbocycles. The Morgan fingerprint density at radius 2 is 1.90 bits per heavy atom. The average molecular weight is 297 g/mol. The SMILES string of the molecule is CCNC(=O)c1cnn(-c2ccc(C)cc2)c1C(F)(F)F. The van der Waals surface area contributed by atoms with Crippen LogP contribution in [0.25, 0.3) is 5.69 Å². The first-order chi connectivity index (χ1) is 9.84. The smallest absolute Gasteiger partial charge is 0.352 e. The minimum Gasteiger partial charge on any atom is -0.352 e. The Kier molecular flexibility index (Phi) is 4.02. The van der Waals surface area contributed by atoms with Crippen LogP contribution >= 0.6 is 0 Å². The number of aromatic nitrogens is 2.